The number of carbonyl (C=O) groups excluding carboxylic acids is 1. The van der Waals surface area contributed by atoms with Crippen LogP contribution < -0.4 is 10.4 Å². The van der Waals surface area contributed by atoms with Crippen molar-refractivity contribution >= 4 is 25.0 Å². The molecule has 138 valence electrons. The van der Waals surface area contributed by atoms with Gasteiger partial charge in [-0.1, -0.05) is 93.6 Å². The van der Waals surface area contributed by atoms with Crippen molar-refractivity contribution in [1.82, 2.24) is 0 Å². The zero-order valence-corrected chi connectivity index (χ0v) is 17.3. The summed E-state index contributed by atoms with van der Waals surface area (Å²) in [7, 11) is -2.50. The molecule has 0 heterocycles. The molecule has 1 atom stereocenters. The molecular formula is C23H30O2Si. The van der Waals surface area contributed by atoms with Gasteiger partial charge in [0, 0.05) is 6.42 Å². The van der Waals surface area contributed by atoms with Crippen LogP contribution in [0, 0.1) is 0 Å². The van der Waals surface area contributed by atoms with Crippen molar-refractivity contribution in [2.24, 2.45) is 0 Å². The third-order valence-electron chi connectivity index (χ3n) is 4.64. The molecule has 26 heavy (non-hydrogen) atoms. The molecule has 0 bridgehead atoms. The maximum absolute atomic E-state index is 10.5. The fourth-order valence-corrected chi connectivity index (χ4v) is 8.11. The molecule has 0 unspecified atom stereocenters. The molecule has 2 nitrogen and oxygen atoms in total. The minimum absolute atomic E-state index is 0.0204. The van der Waals surface area contributed by atoms with Crippen molar-refractivity contribution < 1.29 is 9.22 Å². The molecule has 2 rings (SSSR count). The molecule has 0 aromatic heterocycles. The lowest BCUT2D eigenvalue weighted by Gasteiger charge is -2.44. The van der Waals surface area contributed by atoms with Gasteiger partial charge >= 0.3 is 0 Å². The van der Waals surface area contributed by atoms with Gasteiger partial charge in [0.2, 0.25) is 0 Å². The summed E-state index contributed by atoms with van der Waals surface area (Å²) >= 11 is 0. The largest absolute Gasteiger partial charge is 0.401 e. The quantitative estimate of drug-likeness (QED) is 0.298. The van der Waals surface area contributed by atoms with E-state index in [0.29, 0.717) is 6.42 Å². The second kappa shape index (κ2) is 9.11. The van der Waals surface area contributed by atoms with E-state index in [9.17, 15) is 4.79 Å². The van der Waals surface area contributed by atoms with E-state index in [1.807, 2.05) is 0 Å². The number of carbonyl (C=O) groups is 1. The van der Waals surface area contributed by atoms with Crippen molar-refractivity contribution in [3.05, 3.63) is 72.8 Å². The average Bonchev–Trinajstić information content (AvgIpc) is 2.64. The Morgan fingerprint density at radius 3 is 1.85 bits per heavy atom. The lowest BCUT2D eigenvalue weighted by Crippen LogP contribution is -2.67. The second-order valence-corrected chi connectivity index (χ2v) is 11.9. The maximum atomic E-state index is 10.5. The van der Waals surface area contributed by atoms with Gasteiger partial charge in [-0.05, 0) is 28.8 Å². The molecule has 2 aromatic rings. The van der Waals surface area contributed by atoms with Crippen LogP contribution in [0.25, 0.3) is 0 Å². The molecular weight excluding hydrogens is 336 g/mol. The zero-order valence-electron chi connectivity index (χ0n) is 16.3. The van der Waals surface area contributed by atoms with Crippen molar-refractivity contribution in [2.75, 3.05) is 0 Å². The van der Waals surface area contributed by atoms with E-state index >= 15 is 0 Å². The first-order valence-corrected chi connectivity index (χ1v) is 11.2. The number of hydrogen-bond donors (Lipinski definition) is 0. The Hall–Kier alpha value is -1.97. The Labute approximate surface area is 159 Å². The highest BCUT2D eigenvalue weighted by Gasteiger charge is 2.50. The predicted octanol–water partition coefficient (Wildman–Crippen LogP) is 4.49. The Kier molecular flexibility index (Phi) is 7.12. The monoisotopic (exact) mass is 366 g/mol. The fourth-order valence-electron chi connectivity index (χ4n) is 3.46. The van der Waals surface area contributed by atoms with Crippen LogP contribution in [0.2, 0.25) is 5.04 Å². The minimum atomic E-state index is -2.50. The van der Waals surface area contributed by atoms with Gasteiger partial charge in [-0.3, -0.25) is 0 Å². The minimum Gasteiger partial charge on any atom is -0.401 e. The SMILES string of the molecule is C[C@@H](/C=C\CCC=O)O[Si](c1ccccc1)(c1ccccc1)C(C)(C)C. The van der Waals surface area contributed by atoms with Crippen LogP contribution in [0.4, 0.5) is 0 Å². The predicted molar refractivity (Wildman–Crippen MR) is 113 cm³/mol. The molecule has 0 amide bonds. The van der Waals surface area contributed by atoms with Crippen LogP contribution >= 0.6 is 0 Å². The lowest BCUT2D eigenvalue weighted by molar-refractivity contribution is -0.107. The first-order chi connectivity index (χ1) is 12.4. The molecule has 0 aliphatic carbocycles. The zero-order chi connectivity index (χ0) is 19.0. The van der Waals surface area contributed by atoms with Crippen LogP contribution in [-0.2, 0) is 9.22 Å². The average molecular weight is 367 g/mol. The number of benzene rings is 2. The smallest absolute Gasteiger partial charge is 0.261 e. The van der Waals surface area contributed by atoms with Gasteiger partial charge in [0.25, 0.3) is 8.32 Å². The molecule has 3 heteroatoms. The summed E-state index contributed by atoms with van der Waals surface area (Å²) in [6, 6.07) is 21.3. The summed E-state index contributed by atoms with van der Waals surface area (Å²) < 4.78 is 6.92. The molecule has 0 fully saturated rings. The summed E-state index contributed by atoms with van der Waals surface area (Å²) in [4.78, 5) is 10.5. The number of unbranched alkanes of at least 4 members (excludes halogenated alkanes) is 1. The number of hydrogen-bond acceptors (Lipinski definition) is 2. The van der Waals surface area contributed by atoms with Crippen molar-refractivity contribution in [2.45, 2.75) is 51.7 Å². The summed E-state index contributed by atoms with van der Waals surface area (Å²) in [5.74, 6) is 0. The van der Waals surface area contributed by atoms with Crippen LogP contribution in [0.1, 0.15) is 40.5 Å². The summed E-state index contributed by atoms with van der Waals surface area (Å²) in [6.45, 7) is 8.93. The standard InChI is InChI=1S/C23H30O2Si/c1-20(14-8-7-13-19-24)25-26(23(2,3)4,21-15-9-5-10-16-21)22-17-11-6-12-18-22/h5-6,8-12,14-20H,7,13H2,1-4H3/b14-8-/t20-/m0/s1. The van der Waals surface area contributed by atoms with Gasteiger partial charge in [-0.25, -0.2) is 0 Å². The third-order valence-corrected chi connectivity index (χ3v) is 9.77. The summed E-state index contributed by atoms with van der Waals surface area (Å²) in [6.07, 6.45) is 6.39. The Morgan fingerprint density at radius 1 is 0.923 bits per heavy atom. The first-order valence-electron chi connectivity index (χ1n) is 9.31. The first kappa shape index (κ1) is 20.3. The van der Waals surface area contributed by atoms with E-state index < -0.39 is 8.32 Å². The maximum Gasteiger partial charge on any atom is 0.261 e. The lowest BCUT2D eigenvalue weighted by atomic mass is 10.2. The molecule has 0 radical (unpaired) electrons. The van der Waals surface area contributed by atoms with E-state index in [1.165, 1.54) is 10.4 Å². The van der Waals surface area contributed by atoms with Crippen LogP contribution in [0.5, 0.6) is 0 Å². The fraction of sp³-hybridized carbons (Fsp3) is 0.348. The highest BCUT2D eigenvalue weighted by molar-refractivity contribution is 6.99. The molecule has 0 N–H and O–H groups in total. The van der Waals surface area contributed by atoms with Crippen LogP contribution in [0.3, 0.4) is 0 Å². The summed E-state index contributed by atoms with van der Waals surface area (Å²) in [5.41, 5.74) is 0. The Balaban J connectivity index is 2.50. The normalized spacial score (nSPS) is 13.7. The van der Waals surface area contributed by atoms with E-state index in [0.717, 1.165) is 12.7 Å². The van der Waals surface area contributed by atoms with Crippen LogP contribution in [-0.4, -0.2) is 20.7 Å². The van der Waals surface area contributed by atoms with E-state index in [4.69, 9.17) is 4.43 Å². The number of aldehydes is 1. The Morgan fingerprint density at radius 2 is 1.42 bits per heavy atom. The van der Waals surface area contributed by atoms with E-state index in [2.05, 4.69) is 101 Å². The Bertz CT molecular complexity index is 662. The van der Waals surface area contributed by atoms with Gasteiger partial charge in [-0.2, -0.15) is 0 Å². The molecule has 0 aliphatic rings. The van der Waals surface area contributed by atoms with Gasteiger partial charge in [0.1, 0.15) is 6.29 Å². The van der Waals surface area contributed by atoms with E-state index in [-0.39, 0.29) is 11.1 Å². The van der Waals surface area contributed by atoms with Gasteiger partial charge in [0.05, 0.1) is 6.10 Å². The molecule has 0 spiro atoms. The topological polar surface area (TPSA) is 26.3 Å². The van der Waals surface area contributed by atoms with Crippen molar-refractivity contribution in [3.8, 4) is 0 Å². The highest BCUT2D eigenvalue weighted by atomic mass is 28.4. The van der Waals surface area contributed by atoms with Crippen molar-refractivity contribution in [3.63, 3.8) is 0 Å². The van der Waals surface area contributed by atoms with Crippen molar-refractivity contribution in [1.29, 1.82) is 0 Å². The summed E-state index contributed by atoms with van der Waals surface area (Å²) in [5, 5.41) is 2.54. The van der Waals surface area contributed by atoms with Crippen LogP contribution in [0.15, 0.2) is 72.8 Å². The highest BCUT2D eigenvalue weighted by Crippen LogP contribution is 2.37. The molecule has 0 aliphatic heterocycles. The molecule has 0 saturated heterocycles. The third kappa shape index (κ3) is 4.60. The van der Waals surface area contributed by atoms with Gasteiger partial charge < -0.3 is 9.22 Å². The van der Waals surface area contributed by atoms with Gasteiger partial charge in [-0.15, -0.1) is 0 Å². The van der Waals surface area contributed by atoms with Gasteiger partial charge in [0.15, 0.2) is 0 Å². The number of allylic oxidation sites excluding steroid dienone is 1. The molecule has 2 aromatic carbocycles. The second-order valence-electron chi connectivity index (χ2n) is 7.66. The number of rotatable bonds is 8. The van der Waals surface area contributed by atoms with E-state index in [1.54, 1.807) is 0 Å². The molecule has 0 saturated carbocycles.